The molecule has 2 atom stereocenters. The molecule has 0 amide bonds. The molecule has 1 aromatic carbocycles. The van der Waals surface area contributed by atoms with Gasteiger partial charge in [-0.05, 0) is 25.8 Å². The number of morpholine rings is 1. The normalized spacial score (nSPS) is 22.2. The lowest BCUT2D eigenvalue weighted by molar-refractivity contribution is 0.00158. The van der Waals surface area contributed by atoms with E-state index in [9.17, 15) is 5.11 Å². The van der Waals surface area contributed by atoms with Crippen molar-refractivity contribution in [2.45, 2.75) is 38.3 Å². The highest BCUT2D eigenvalue weighted by Gasteiger charge is 2.31. The van der Waals surface area contributed by atoms with Crippen LogP contribution in [0, 0.1) is 0 Å². The summed E-state index contributed by atoms with van der Waals surface area (Å²) in [5, 5.41) is 14.2. The number of ether oxygens (including phenoxy) is 2. The molecule has 1 aromatic rings. The molecule has 4 heteroatoms. The number of benzene rings is 1. The number of hydrogen-bond acceptors (Lipinski definition) is 4. The van der Waals surface area contributed by atoms with Gasteiger partial charge in [0.2, 0.25) is 0 Å². The van der Waals surface area contributed by atoms with Gasteiger partial charge >= 0.3 is 0 Å². The molecule has 1 fully saturated rings. The van der Waals surface area contributed by atoms with Crippen LogP contribution in [0.4, 0.5) is 0 Å². The molecule has 112 valence electrons. The molecule has 0 spiro atoms. The van der Waals surface area contributed by atoms with Crippen molar-refractivity contribution in [1.82, 2.24) is 5.32 Å². The molecule has 20 heavy (non-hydrogen) atoms. The van der Waals surface area contributed by atoms with Gasteiger partial charge in [0.05, 0.1) is 25.4 Å². The van der Waals surface area contributed by atoms with Gasteiger partial charge in [-0.3, -0.25) is 0 Å². The first-order valence-electron chi connectivity index (χ1n) is 7.39. The lowest BCUT2D eigenvalue weighted by Crippen LogP contribution is -2.45. The Balaban J connectivity index is 2.10. The smallest absolute Gasteiger partial charge is 0.125 e. The Morgan fingerprint density at radius 2 is 2.25 bits per heavy atom. The fourth-order valence-corrected chi connectivity index (χ4v) is 2.59. The van der Waals surface area contributed by atoms with Crippen molar-refractivity contribution in [3.05, 3.63) is 29.8 Å². The standard InChI is InChI=1S/C16H25NO3/c1-3-9-20-15-7-5-4-6-14(15)16(2,18)11-13-12-19-10-8-17-13/h4-7,13,17-18H,3,8-12H2,1-2H3. The van der Waals surface area contributed by atoms with Crippen molar-refractivity contribution >= 4 is 0 Å². The van der Waals surface area contributed by atoms with E-state index in [4.69, 9.17) is 9.47 Å². The molecule has 1 aliphatic heterocycles. The number of hydrogen-bond donors (Lipinski definition) is 2. The molecule has 1 heterocycles. The van der Waals surface area contributed by atoms with Crippen molar-refractivity contribution in [2.24, 2.45) is 0 Å². The van der Waals surface area contributed by atoms with Crippen LogP contribution in [0.3, 0.4) is 0 Å². The maximum absolute atomic E-state index is 10.8. The zero-order valence-corrected chi connectivity index (χ0v) is 12.4. The van der Waals surface area contributed by atoms with E-state index in [0.29, 0.717) is 19.6 Å². The van der Waals surface area contributed by atoms with Crippen molar-refractivity contribution < 1.29 is 14.6 Å². The maximum atomic E-state index is 10.8. The molecular formula is C16H25NO3. The Kier molecular flexibility index (Phi) is 5.40. The van der Waals surface area contributed by atoms with Crippen LogP contribution in [0.5, 0.6) is 5.75 Å². The number of para-hydroxylation sites is 1. The van der Waals surface area contributed by atoms with Crippen molar-refractivity contribution in [3.8, 4) is 5.75 Å². The minimum absolute atomic E-state index is 0.179. The van der Waals surface area contributed by atoms with Crippen molar-refractivity contribution in [2.75, 3.05) is 26.4 Å². The highest BCUT2D eigenvalue weighted by Crippen LogP contribution is 2.33. The van der Waals surface area contributed by atoms with E-state index < -0.39 is 5.60 Å². The Bertz CT molecular complexity index is 414. The molecule has 0 saturated carbocycles. The first-order valence-corrected chi connectivity index (χ1v) is 7.39. The van der Waals surface area contributed by atoms with Gasteiger partial charge in [0, 0.05) is 18.2 Å². The van der Waals surface area contributed by atoms with Crippen LogP contribution in [0.2, 0.25) is 0 Å². The van der Waals surface area contributed by atoms with Gasteiger partial charge in [0.25, 0.3) is 0 Å². The lowest BCUT2D eigenvalue weighted by Gasteiger charge is -2.32. The lowest BCUT2D eigenvalue weighted by atomic mass is 9.88. The van der Waals surface area contributed by atoms with Gasteiger partial charge in [-0.1, -0.05) is 25.1 Å². The van der Waals surface area contributed by atoms with Crippen LogP contribution in [0.25, 0.3) is 0 Å². The van der Waals surface area contributed by atoms with Crippen LogP contribution in [0.1, 0.15) is 32.3 Å². The fourth-order valence-electron chi connectivity index (χ4n) is 2.59. The molecular weight excluding hydrogens is 254 g/mol. The Labute approximate surface area is 121 Å². The third-order valence-electron chi connectivity index (χ3n) is 3.57. The zero-order chi connectivity index (χ0) is 14.4. The number of rotatable bonds is 6. The Morgan fingerprint density at radius 3 is 2.95 bits per heavy atom. The number of nitrogens with one attached hydrogen (secondary N) is 1. The highest BCUT2D eigenvalue weighted by molar-refractivity contribution is 5.37. The first kappa shape index (κ1) is 15.3. The Hall–Kier alpha value is -1.10. The topological polar surface area (TPSA) is 50.7 Å². The van der Waals surface area contributed by atoms with Crippen LogP contribution in [0.15, 0.2) is 24.3 Å². The molecule has 1 saturated heterocycles. The van der Waals surface area contributed by atoms with Gasteiger partial charge in [-0.15, -0.1) is 0 Å². The van der Waals surface area contributed by atoms with E-state index in [1.807, 2.05) is 31.2 Å². The average molecular weight is 279 g/mol. The molecule has 0 bridgehead atoms. The molecule has 2 rings (SSSR count). The van der Waals surface area contributed by atoms with Crippen LogP contribution in [-0.2, 0) is 10.3 Å². The second kappa shape index (κ2) is 7.07. The van der Waals surface area contributed by atoms with Gasteiger partial charge in [-0.2, -0.15) is 0 Å². The predicted octanol–water partition coefficient (Wildman–Crippen LogP) is 2.06. The van der Waals surface area contributed by atoms with Gasteiger partial charge < -0.3 is 19.9 Å². The van der Waals surface area contributed by atoms with Gasteiger partial charge in [0.15, 0.2) is 0 Å². The van der Waals surface area contributed by atoms with Crippen LogP contribution in [-0.4, -0.2) is 37.5 Å². The molecule has 0 aromatic heterocycles. The van der Waals surface area contributed by atoms with Crippen molar-refractivity contribution in [3.63, 3.8) is 0 Å². The molecule has 1 aliphatic rings. The fraction of sp³-hybridized carbons (Fsp3) is 0.625. The Morgan fingerprint density at radius 1 is 1.45 bits per heavy atom. The largest absolute Gasteiger partial charge is 0.493 e. The van der Waals surface area contributed by atoms with E-state index in [2.05, 4.69) is 12.2 Å². The maximum Gasteiger partial charge on any atom is 0.125 e. The second-order valence-corrected chi connectivity index (χ2v) is 5.55. The molecule has 0 radical (unpaired) electrons. The van der Waals surface area contributed by atoms with E-state index in [1.54, 1.807) is 0 Å². The summed E-state index contributed by atoms with van der Waals surface area (Å²) in [6.07, 6.45) is 1.56. The monoisotopic (exact) mass is 279 g/mol. The highest BCUT2D eigenvalue weighted by atomic mass is 16.5. The molecule has 0 aliphatic carbocycles. The number of aliphatic hydroxyl groups is 1. The average Bonchev–Trinajstić information content (AvgIpc) is 2.46. The van der Waals surface area contributed by atoms with Crippen molar-refractivity contribution in [1.29, 1.82) is 0 Å². The summed E-state index contributed by atoms with van der Waals surface area (Å²) in [6.45, 7) is 6.82. The summed E-state index contributed by atoms with van der Waals surface area (Å²) in [5.74, 6) is 0.774. The van der Waals surface area contributed by atoms with E-state index in [-0.39, 0.29) is 6.04 Å². The quantitative estimate of drug-likeness (QED) is 0.837. The molecule has 2 unspecified atom stereocenters. The summed E-state index contributed by atoms with van der Waals surface area (Å²) in [4.78, 5) is 0. The van der Waals surface area contributed by atoms with Gasteiger partial charge in [-0.25, -0.2) is 0 Å². The SMILES string of the molecule is CCCOc1ccccc1C(C)(O)CC1COCCN1. The molecule has 4 nitrogen and oxygen atoms in total. The van der Waals surface area contributed by atoms with E-state index in [0.717, 1.165) is 30.9 Å². The van der Waals surface area contributed by atoms with Crippen LogP contribution >= 0.6 is 0 Å². The molecule has 2 N–H and O–H groups in total. The minimum atomic E-state index is -0.928. The third-order valence-corrected chi connectivity index (χ3v) is 3.57. The van der Waals surface area contributed by atoms with Gasteiger partial charge in [0.1, 0.15) is 5.75 Å². The van der Waals surface area contributed by atoms with E-state index >= 15 is 0 Å². The summed E-state index contributed by atoms with van der Waals surface area (Å²) in [7, 11) is 0. The summed E-state index contributed by atoms with van der Waals surface area (Å²) in [6, 6.07) is 7.91. The summed E-state index contributed by atoms with van der Waals surface area (Å²) >= 11 is 0. The zero-order valence-electron chi connectivity index (χ0n) is 12.4. The summed E-state index contributed by atoms with van der Waals surface area (Å²) in [5.41, 5.74) is -0.0799. The minimum Gasteiger partial charge on any atom is -0.493 e. The third kappa shape index (κ3) is 3.95. The first-order chi connectivity index (χ1) is 9.63. The van der Waals surface area contributed by atoms with E-state index in [1.165, 1.54) is 0 Å². The second-order valence-electron chi connectivity index (χ2n) is 5.55. The van der Waals surface area contributed by atoms with Crippen LogP contribution < -0.4 is 10.1 Å². The summed E-state index contributed by atoms with van der Waals surface area (Å²) < 4.78 is 11.2. The predicted molar refractivity (Wildman–Crippen MR) is 79.0 cm³/mol.